The number of rotatable bonds is 4. The zero-order valence-electron chi connectivity index (χ0n) is 10.4. The third-order valence-electron chi connectivity index (χ3n) is 2.66. The van der Waals surface area contributed by atoms with E-state index in [0.29, 0.717) is 0 Å². The van der Waals surface area contributed by atoms with E-state index in [1.165, 1.54) is 5.57 Å². The number of hydrogen-bond acceptors (Lipinski definition) is 3. The van der Waals surface area contributed by atoms with E-state index in [2.05, 4.69) is 18.9 Å². The molecule has 1 aromatic rings. The fourth-order valence-corrected chi connectivity index (χ4v) is 3.08. The van der Waals surface area contributed by atoms with Crippen molar-refractivity contribution in [2.75, 3.05) is 5.73 Å². The Morgan fingerprint density at radius 1 is 1.44 bits per heavy atom. The molecule has 98 valence electrons. The molecule has 2 nitrogen and oxygen atoms in total. The van der Waals surface area contributed by atoms with Gasteiger partial charge in [0.2, 0.25) is 0 Å². The van der Waals surface area contributed by atoms with Gasteiger partial charge in [0.05, 0.1) is 0 Å². The maximum absolute atomic E-state index is 6.11. The number of hydrogen-bond donors (Lipinski definition) is 1. The molecule has 18 heavy (non-hydrogen) atoms. The van der Waals surface area contributed by atoms with Crippen molar-refractivity contribution >= 4 is 29.9 Å². The summed E-state index contributed by atoms with van der Waals surface area (Å²) in [5.74, 6) is 0.858. The van der Waals surface area contributed by atoms with Crippen LogP contribution in [0.1, 0.15) is 19.8 Å². The smallest absolute Gasteiger partial charge is 0.165 e. The van der Waals surface area contributed by atoms with Crippen LogP contribution in [-0.2, 0) is 0 Å². The van der Waals surface area contributed by atoms with Gasteiger partial charge in [0, 0.05) is 18.5 Å². The number of benzene rings is 1. The minimum atomic E-state index is -0.220. The summed E-state index contributed by atoms with van der Waals surface area (Å²) in [6.07, 6.45) is 3.68. The van der Waals surface area contributed by atoms with Crippen molar-refractivity contribution in [3.8, 4) is 5.75 Å². The van der Waals surface area contributed by atoms with Crippen molar-refractivity contribution in [3.63, 3.8) is 0 Å². The Morgan fingerprint density at radius 3 is 2.61 bits per heavy atom. The first-order valence-corrected chi connectivity index (χ1v) is 6.50. The van der Waals surface area contributed by atoms with Gasteiger partial charge in [-0.3, -0.25) is 0 Å². The number of nitrogen functional groups attached to an aromatic ring is 1. The van der Waals surface area contributed by atoms with Crippen LogP contribution in [0, 0.1) is 0 Å². The lowest BCUT2D eigenvalue weighted by Crippen LogP contribution is -2.29. The Labute approximate surface area is 119 Å². The Morgan fingerprint density at radius 2 is 2.11 bits per heavy atom. The van der Waals surface area contributed by atoms with Gasteiger partial charge in [-0.15, -0.1) is 19.0 Å². The summed E-state index contributed by atoms with van der Waals surface area (Å²) < 4.78 is 6.11. The molecule has 1 unspecified atom stereocenters. The summed E-state index contributed by atoms with van der Waals surface area (Å²) >= 11 is 1.73. The minimum Gasteiger partial charge on any atom is -0.476 e. The molecule has 0 bridgehead atoms. The summed E-state index contributed by atoms with van der Waals surface area (Å²) in [5.41, 5.74) is 7.77. The van der Waals surface area contributed by atoms with Gasteiger partial charge in [-0.25, -0.2) is 0 Å². The van der Waals surface area contributed by atoms with Gasteiger partial charge in [-0.2, -0.15) is 0 Å². The van der Waals surface area contributed by atoms with Crippen LogP contribution in [0.4, 0.5) is 5.69 Å². The number of thioether (sulfide) groups is 1. The van der Waals surface area contributed by atoms with E-state index in [1.54, 1.807) is 11.8 Å². The molecule has 0 spiro atoms. The van der Waals surface area contributed by atoms with E-state index < -0.39 is 0 Å². The van der Waals surface area contributed by atoms with Crippen molar-refractivity contribution < 1.29 is 4.74 Å². The maximum Gasteiger partial charge on any atom is 0.165 e. The minimum absolute atomic E-state index is 0. The Balaban J connectivity index is 0.00000162. The van der Waals surface area contributed by atoms with Gasteiger partial charge >= 0.3 is 0 Å². The van der Waals surface area contributed by atoms with Crippen LogP contribution in [0.2, 0.25) is 0 Å². The third-order valence-corrected chi connectivity index (χ3v) is 4.01. The van der Waals surface area contributed by atoms with Crippen LogP contribution in [0.3, 0.4) is 0 Å². The topological polar surface area (TPSA) is 35.2 Å². The van der Waals surface area contributed by atoms with Crippen molar-refractivity contribution in [2.45, 2.75) is 24.7 Å². The van der Waals surface area contributed by atoms with Crippen LogP contribution in [0.5, 0.6) is 5.75 Å². The lowest BCUT2D eigenvalue weighted by molar-refractivity contribution is 0.172. The molecule has 4 heteroatoms. The average molecular weight is 284 g/mol. The predicted molar refractivity (Wildman–Crippen MR) is 82.2 cm³/mol. The fourth-order valence-electron chi connectivity index (χ4n) is 1.91. The first-order chi connectivity index (χ1) is 8.13. The van der Waals surface area contributed by atoms with Gasteiger partial charge in [-0.05, 0) is 36.6 Å². The highest BCUT2D eigenvalue weighted by Gasteiger charge is 2.35. The molecule has 1 atom stereocenters. The molecule has 0 amide bonds. The van der Waals surface area contributed by atoms with E-state index in [1.807, 2.05) is 30.3 Å². The molecular formula is C14H18ClNOS. The SMILES string of the molecule is C=CCC1(Oc2ccc(N)cc2)CC(C)=CS1.Cl. The third kappa shape index (κ3) is 3.47. The lowest BCUT2D eigenvalue weighted by Gasteiger charge is -2.28. The number of nitrogens with two attached hydrogens (primary N) is 1. The van der Waals surface area contributed by atoms with Crippen LogP contribution < -0.4 is 10.5 Å². The molecule has 0 radical (unpaired) electrons. The molecule has 0 saturated heterocycles. The Kier molecular flexibility index (Phi) is 5.17. The van der Waals surface area contributed by atoms with Crippen LogP contribution >= 0.6 is 24.2 Å². The maximum atomic E-state index is 6.11. The average Bonchev–Trinajstić information content (AvgIpc) is 2.64. The van der Waals surface area contributed by atoms with Gasteiger partial charge in [0.25, 0.3) is 0 Å². The lowest BCUT2D eigenvalue weighted by atomic mass is 10.1. The monoisotopic (exact) mass is 283 g/mol. The standard InChI is InChI=1S/C14H17NOS.ClH/c1-3-8-14(9-11(2)10-17-14)16-13-6-4-12(15)5-7-13;/h3-7,10H,1,8-9,15H2,2H3;1H. The first-order valence-electron chi connectivity index (χ1n) is 5.62. The van der Waals surface area contributed by atoms with Crippen molar-refractivity contribution in [1.82, 2.24) is 0 Å². The number of halogens is 1. The molecule has 1 aliphatic heterocycles. The summed E-state index contributed by atoms with van der Waals surface area (Å²) in [6, 6.07) is 7.54. The summed E-state index contributed by atoms with van der Waals surface area (Å²) in [7, 11) is 0. The molecule has 2 rings (SSSR count). The molecule has 1 heterocycles. The Bertz CT molecular complexity index is 444. The molecule has 0 fully saturated rings. The highest BCUT2D eigenvalue weighted by Crippen LogP contribution is 2.44. The molecule has 1 aliphatic rings. The predicted octanol–water partition coefficient (Wildman–Crippen LogP) is 4.38. The fraction of sp³-hybridized carbons (Fsp3) is 0.286. The largest absolute Gasteiger partial charge is 0.476 e. The van der Waals surface area contributed by atoms with Gasteiger partial charge in [0.15, 0.2) is 4.93 Å². The molecule has 1 aromatic carbocycles. The zero-order valence-corrected chi connectivity index (χ0v) is 12.0. The van der Waals surface area contributed by atoms with E-state index in [9.17, 15) is 0 Å². The van der Waals surface area contributed by atoms with Crippen LogP contribution in [0.25, 0.3) is 0 Å². The molecular weight excluding hydrogens is 266 g/mol. The van der Waals surface area contributed by atoms with Gasteiger partial charge in [-0.1, -0.05) is 23.4 Å². The first kappa shape index (κ1) is 15.0. The van der Waals surface area contributed by atoms with Crippen molar-refractivity contribution in [1.29, 1.82) is 0 Å². The van der Waals surface area contributed by atoms with Crippen LogP contribution in [-0.4, -0.2) is 4.93 Å². The molecule has 0 saturated carbocycles. The highest BCUT2D eigenvalue weighted by atomic mass is 35.5. The van der Waals surface area contributed by atoms with Crippen molar-refractivity contribution in [3.05, 3.63) is 47.9 Å². The Hall–Kier alpha value is -1.06. The van der Waals surface area contributed by atoms with Gasteiger partial charge in [0.1, 0.15) is 5.75 Å². The van der Waals surface area contributed by atoms with E-state index in [-0.39, 0.29) is 17.3 Å². The van der Waals surface area contributed by atoms with E-state index >= 15 is 0 Å². The second-order valence-electron chi connectivity index (χ2n) is 4.33. The quantitative estimate of drug-likeness (QED) is 0.658. The van der Waals surface area contributed by atoms with Crippen LogP contribution in [0.15, 0.2) is 47.9 Å². The van der Waals surface area contributed by atoms with Crippen molar-refractivity contribution in [2.24, 2.45) is 0 Å². The molecule has 0 aliphatic carbocycles. The van der Waals surface area contributed by atoms with E-state index in [0.717, 1.165) is 24.3 Å². The molecule has 0 aromatic heterocycles. The summed E-state index contributed by atoms with van der Waals surface area (Å²) in [6.45, 7) is 5.94. The normalized spacial score (nSPS) is 21.9. The zero-order chi connectivity index (χ0) is 12.3. The molecule has 2 N–H and O–H groups in total. The highest BCUT2D eigenvalue weighted by molar-refractivity contribution is 8.03. The second-order valence-corrected chi connectivity index (χ2v) is 5.55. The summed E-state index contributed by atoms with van der Waals surface area (Å²) in [4.78, 5) is -0.220. The number of ether oxygens (including phenoxy) is 1. The second kappa shape index (κ2) is 6.21. The van der Waals surface area contributed by atoms with E-state index in [4.69, 9.17) is 10.5 Å². The summed E-state index contributed by atoms with van der Waals surface area (Å²) in [5, 5.41) is 2.17. The van der Waals surface area contributed by atoms with Gasteiger partial charge < -0.3 is 10.5 Å². The number of anilines is 1.